The van der Waals surface area contributed by atoms with Crippen LogP contribution in [-0.4, -0.2) is 52.5 Å². The summed E-state index contributed by atoms with van der Waals surface area (Å²) in [6, 6.07) is 5.87. The molecule has 0 saturated carbocycles. The predicted molar refractivity (Wildman–Crippen MR) is 96.9 cm³/mol. The first-order valence-electron chi connectivity index (χ1n) is 8.11. The standard InChI is InChI=1S/C15H17N5O.C2HF3O2/c1-2-14(21)18-12-3-4-13-10(7-12)8-17-19-15(13)20-6-5-11(16)9-20;3-2(4,5)1(6)7/h2-4,7-8,11H,1,5-6,9,16H2,(H,18,21);(H,6,7). The van der Waals surface area contributed by atoms with Crippen LogP contribution in [0.15, 0.2) is 37.1 Å². The third-order valence-corrected chi connectivity index (χ3v) is 3.86. The molecule has 2 aromatic rings. The lowest BCUT2D eigenvalue weighted by atomic mass is 10.1. The molecule has 0 radical (unpaired) electrons. The highest BCUT2D eigenvalue weighted by Crippen LogP contribution is 2.28. The molecule has 1 atom stereocenters. The molecule has 0 aliphatic carbocycles. The van der Waals surface area contributed by atoms with E-state index in [1.165, 1.54) is 6.08 Å². The SMILES string of the molecule is C=CC(=O)Nc1ccc2c(N3CCC(N)C3)nncc2c1.O=C(O)C(F)(F)F. The van der Waals surface area contributed by atoms with Crippen molar-refractivity contribution >= 4 is 34.2 Å². The number of rotatable bonds is 3. The van der Waals surface area contributed by atoms with Crippen LogP contribution in [0.4, 0.5) is 24.7 Å². The number of aromatic nitrogens is 2. The average molecular weight is 397 g/mol. The second kappa shape index (κ2) is 8.65. The highest BCUT2D eigenvalue weighted by atomic mass is 19.4. The fraction of sp³-hybridized carbons (Fsp3) is 0.294. The van der Waals surface area contributed by atoms with Gasteiger partial charge in [0.05, 0.1) is 6.20 Å². The van der Waals surface area contributed by atoms with Gasteiger partial charge in [0.25, 0.3) is 0 Å². The smallest absolute Gasteiger partial charge is 0.475 e. The van der Waals surface area contributed by atoms with E-state index in [2.05, 4.69) is 27.0 Å². The predicted octanol–water partition coefficient (Wildman–Crippen LogP) is 1.92. The Morgan fingerprint density at radius 2 is 2.07 bits per heavy atom. The summed E-state index contributed by atoms with van der Waals surface area (Å²) in [6.45, 7) is 5.13. The van der Waals surface area contributed by atoms with E-state index < -0.39 is 12.1 Å². The molecular weight excluding hydrogens is 379 g/mol. The molecule has 1 amide bonds. The number of fused-ring (bicyclic) bond motifs is 1. The molecule has 4 N–H and O–H groups in total. The van der Waals surface area contributed by atoms with Crippen LogP contribution in [0.2, 0.25) is 0 Å². The van der Waals surface area contributed by atoms with Gasteiger partial charge in [-0.15, -0.1) is 5.10 Å². The molecule has 8 nitrogen and oxygen atoms in total. The molecule has 1 aromatic heterocycles. The molecule has 0 bridgehead atoms. The lowest BCUT2D eigenvalue weighted by molar-refractivity contribution is -0.192. The van der Waals surface area contributed by atoms with E-state index in [4.69, 9.17) is 15.6 Å². The fourth-order valence-corrected chi connectivity index (χ4v) is 2.56. The lowest BCUT2D eigenvalue weighted by Crippen LogP contribution is -2.27. The minimum atomic E-state index is -5.08. The summed E-state index contributed by atoms with van der Waals surface area (Å²) in [6.07, 6.45) is -1.18. The number of carbonyl (C=O) groups excluding carboxylic acids is 1. The summed E-state index contributed by atoms with van der Waals surface area (Å²) < 4.78 is 31.7. The third-order valence-electron chi connectivity index (χ3n) is 3.86. The Labute approximate surface area is 157 Å². The van der Waals surface area contributed by atoms with E-state index in [0.29, 0.717) is 5.69 Å². The Morgan fingerprint density at radius 1 is 1.39 bits per heavy atom. The monoisotopic (exact) mass is 397 g/mol. The molecule has 11 heteroatoms. The number of benzene rings is 1. The molecule has 1 aliphatic heterocycles. The topological polar surface area (TPSA) is 121 Å². The molecule has 3 rings (SSSR count). The second-order valence-corrected chi connectivity index (χ2v) is 5.96. The molecule has 2 heterocycles. The largest absolute Gasteiger partial charge is 0.490 e. The molecule has 1 saturated heterocycles. The normalized spacial score (nSPS) is 16.3. The summed E-state index contributed by atoms with van der Waals surface area (Å²) in [5.74, 6) is -2.14. The van der Waals surface area contributed by atoms with E-state index in [0.717, 1.165) is 36.1 Å². The van der Waals surface area contributed by atoms with Crippen LogP contribution in [0.5, 0.6) is 0 Å². The number of carbonyl (C=O) groups is 2. The summed E-state index contributed by atoms with van der Waals surface area (Å²) in [5.41, 5.74) is 6.67. The molecule has 0 spiro atoms. The maximum atomic E-state index is 11.4. The molecule has 150 valence electrons. The van der Waals surface area contributed by atoms with Crippen molar-refractivity contribution in [3.8, 4) is 0 Å². The van der Waals surface area contributed by atoms with Gasteiger partial charge < -0.3 is 21.1 Å². The van der Waals surface area contributed by atoms with Gasteiger partial charge in [0.2, 0.25) is 5.91 Å². The Balaban J connectivity index is 0.000000345. The summed E-state index contributed by atoms with van der Waals surface area (Å²) in [4.78, 5) is 22.4. The van der Waals surface area contributed by atoms with Gasteiger partial charge in [-0.3, -0.25) is 4.79 Å². The number of aliphatic carboxylic acids is 1. The van der Waals surface area contributed by atoms with Gasteiger partial charge in [0.15, 0.2) is 5.82 Å². The number of carboxylic acids is 1. The van der Waals surface area contributed by atoms with Crippen molar-refractivity contribution < 1.29 is 27.9 Å². The Bertz CT molecular complexity index is 888. The quantitative estimate of drug-likeness (QED) is 0.677. The molecule has 1 aliphatic rings. The van der Waals surface area contributed by atoms with Crippen LogP contribution in [0, 0.1) is 0 Å². The number of hydrogen-bond acceptors (Lipinski definition) is 6. The van der Waals surface area contributed by atoms with Gasteiger partial charge in [-0.25, -0.2) is 4.79 Å². The van der Waals surface area contributed by atoms with Gasteiger partial charge in [-0.05, 0) is 30.7 Å². The highest BCUT2D eigenvalue weighted by molar-refractivity contribution is 6.01. The zero-order valence-corrected chi connectivity index (χ0v) is 14.6. The molecule has 1 fully saturated rings. The fourth-order valence-electron chi connectivity index (χ4n) is 2.56. The maximum absolute atomic E-state index is 11.4. The van der Waals surface area contributed by atoms with Crippen molar-refractivity contribution in [2.45, 2.75) is 18.6 Å². The maximum Gasteiger partial charge on any atom is 0.490 e. The van der Waals surface area contributed by atoms with Crippen LogP contribution in [0.3, 0.4) is 0 Å². The third kappa shape index (κ3) is 5.39. The Hall–Kier alpha value is -3.21. The first-order valence-corrected chi connectivity index (χ1v) is 8.11. The van der Waals surface area contributed by atoms with Crippen molar-refractivity contribution in [3.05, 3.63) is 37.1 Å². The number of alkyl halides is 3. The Kier molecular flexibility index (Phi) is 6.52. The molecular formula is C17H18F3N5O3. The van der Waals surface area contributed by atoms with Crippen molar-refractivity contribution in [1.82, 2.24) is 10.2 Å². The van der Waals surface area contributed by atoms with Gasteiger partial charge in [-0.2, -0.15) is 18.3 Å². The van der Waals surface area contributed by atoms with Gasteiger partial charge in [0.1, 0.15) is 0 Å². The number of nitrogens with one attached hydrogen (secondary N) is 1. The minimum absolute atomic E-state index is 0.188. The van der Waals surface area contributed by atoms with Crippen molar-refractivity contribution in [3.63, 3.8) is 0 Å². The van der Waals surface area contributed by atoms with Crippen LogP contribution in [0.1, 0.15) is 6.42 Å². The van der Waals surface area contributed by atoms with Crippen LogP contribution in [-0.2, 0) is 9.59 Å². The average Bonchev–Trinajstić information content (AvgIpc) is 3.06. The van der Waals surface area contributed by atoms with Gasteiger partial charge in [0, 0.05) is 35.6 Å². The summed E-state index contributed by atoms with van der Waals surface area (Å²) in [5, 5.41) is 20.1. The Morgan fingerprint density at radius 3 is 2.61 bits per heavy atom. The zero-order chi connectivity index (χ0) is 20.9. The highest BCUT2D eigenvalue weighted by Gasteiger charge is 2.38. The van der Waals surface area contributed by atoms with Crippen molar-refractivity contribution in [2.75, 3.05) is 23.3 Å². The van der Waals surface area contributed by atoms with E-state index in [1.54, 1.807) is 6.20 Å². The number of carboxylic acid groups (broad SMARTS) is 1. The molecule has 28 heavy (non-hydrogen) atoms. The first-order chi connectivity index (χ1) is 13.1. The number of halogens is 3. The minimum Gasteiger partial charge on any atom is -0.475 e. The summed E-state index contributed by atoms with van der Waals surface area (Å²) >= 11 is 0. The number of hydrogen-bond donors (Lipinski definition) is 3. The molecule has 1 aromatic carbocycles. The van der Waals surface area contributed by atoms with Gasteiger partial charge in [-0.1, -0.05) is 6.58 Å². The summed E-state index contributed by atoms with van der Waals surface area (Å²) in [7, 11) is 0. The van der Waals surface area contributed by atoms with E-state index >= 15 is 0 Å². The molecule has 1 unspecified atom stereocenters. The van der Waals surface area contributed by atoms with Crippen LogP contribution < -0.4 is 16.0 Å². The van der Waals surface area contributed by atoms with Crippen LogP contribution >= 0.6 is 0 Å². The number of anilines is 2. The van der Waals surface area contributed by atoms with Crippen molar-refractivity contribution in [2.24, 2.45) is 5.73 Å². The van der Waals surface area contributed by atoms with Gasteiger partial charge >= 0.3 is 12.1 Å². The second-order valence-electron chi connectivity index (χ2n) is 5.96. The number of amides is 1. The van der Waals surface area contributed by atoms with E-state index in [1.807, 2.05) is 18.2 Å². The van der Waals surface area contributed by atoms with Crippen molar-refractivity contribution in [1.29, 1.82) is 0 Å². The lowest BCUT2D eigenvalue weighted by Gasteiger charge is -2.18. The van der Waals surface area contributed by atoms with E-state index in [9.17, 15) is 18.0 Å². The zero-order valence-electron chi connectivity index (χ0n) is 14.6. The first kappa shape index (κ1) is 21.1. The number of nitrogens with two attached hydrogens (primary N) is 1. The van der Waals surface area contributed by atoms with E-state index in [-0.39, 0.29) is 11.9 Å². The van der Waals surface area contributed by atoms with Crippen LogP contribution in [0.25, 0.3) is 10.8 Å². The number of nitrogens with zero attached hydrogens (tertiary/aromatic N) is 3.